The lowest BCUT2D eigenvalue weighted by molar-refractivity contribution is -0.286. The molecule has 0 aliphatic carbocycles. The molecule has 0 aromatic carbocycles. The van der Waals surface area contributed by atoms with Crippen molar-refractivity contribution < 1.29 is 54.2 Å². The van der Waals surface area contributed by atoms with Crippen LogP contribution in [0, 0.1) is 5.92 Å². The third kappa shape index (κ3) is 6.08. The molecule has 0 saturated carbocycles. The Morgan fingerprint density at radius 1 is 0.905 bits per heavy atom. The van der Waals surface area contributed by atoms with Crippen LogP contribution in [0.25, 0.3) is 0 Å². The molecular weight excluding hydrogens is 329 g/mol. The summed E-state index contributed by atoms with van der Waals surface area (Å²) < 4.78 is 108. The minimum Gasteiger partial charge on any atom is -0.480 e. The number of carbonyl (C=O) groups is 2. The van der Waals surface area contributed by atoms with Gasteiger partial charge in [0.15, 0.2) is 5.92 Å². The van der Waals surface area contributed by atoms with Crippen molar-refractivity contribution in [2.24, 2.45) is 5.92 Å². The number of halogens is 9. The summed E-state index contributed by atoms with van der Waals surface area (Å²) in [5.41, 5.74) is 0. The fourth-order valence-electron chi connectivity index (χ4n) is 1.15. The molecule has 0 aliphatic heterocycles. The molecule has 0 aromatic rings. The molecule has 2 N–H and O–H groups in total. The average Bonchev–Trinajstić information content (AvgIpc) is 2.17. The maximum absolute atomic E-state index is 12.2. The Morgan fingerprint density at radius 3 is 1.52 bits per heavy atom. The van der Waals surface area contributed by atoms with E-state index in [0.29, 0.717) is 5.32 Å². The molecule has 0 bridgehead atoms. The minimum atomic E-state index is -5.94. The average molecular weight is 335 g/mol. The number of aliphatic carboxylic acids is 1. The quantitative estimate of drug-likeness (QED) is 0.775. The first-order chi connectivity index (χ1) is 9.06. The largest absolute Gasteiger partial charge is 0.480 e. The summed E-state index contributed by atoms with van der Waals surface area (Å²) in [7, 11) is 0. The van der Waals surface area contributed by atoms with E-state index < -0.39 is 48.8 Å². The normalized spacial score (nSPS) is 15.0. The van der Waals surface area contributed by atoms with Gasteiger partial charge in [-0.1, -0.05) is 0 Å². The van der Waals surface area contributed by atoms with Crippen LogP contribution in [0.15, 0.2) is 0 Å². The second-order valence-corrected chi connectivity index (χ2v) is 3.73. The van der Waals surface area contributed by atoms with E-state index in [1.54, 1.807) is 0 Å². The topological polar surface area (TPSA) is 66.4 Å². The van der Waals surface area contributed by atoms with Gasteiger partial charge in [0, 0.05) is 0 Å². The first-order valence-corrected chi connectivity index (χ1v) is 4.80. The van der Waals surface area contributed by atoms with Crippen molar-refractivity contribution in [3.63, 3.8) is 0 Å². The Kier molecular flexibility index (Phi) is 5.49. The molecule has 1 unspecified atom stereocenters. The molecule has 0 heterocycles. The fraction of sp³-hybridized carbons (Fsp3) is 0.750. The van der Waals surface area contributed by atoms with Gasteiger partial charge in [0.25, 0.3) is 0 Å². The molecule has 0 radical (unpaired) electrons. The number of carboxylic acids is 1. The van der Waals surface area contributed by atoms with Crippen molar-refractivity contribution in [1.29, 1.82) is 0 Å². The van der Waals surface area contributed by atoms with Crippen LogP contribution < -0.4 is 5.32 Å². The zero-order valence-corrected chi connectivity index (χ0v) is 9.53. The van der Waals surface area contributed by atoms with Crippen molar-refractivity contribution in [3.8, 4) is 0 Å². The van der Waals surface area contributed by atoms with Gasteiger partial charge in [-0.25, -0.2) is 4.79 Å². The van der Waals surface area contributed by atoms with Crippen LogP contribution in [0.3, 0.4) is 0 Å². The van der Waals surface area contributed by atoms with E-state index in [2.05, 4.69) is 0 Å². The Labute approximate surface area is 109 Å². The highest BCUT2D eigenvalue weighted by Gasteiger charge is 2.58. The van der Waals surface area contributed by atoms with Crippen LogP contribution in [-0.4, -0.2) is 41.6 Å². The Hall–Kier alpha value is -1.69. The molecule has 21 heavy (non-hydrogen) atoms. The third-order valence-electron chi connectivity index (χ3n) is 2.12. The number of carbonyl (C=O) groups excluding carboxylic acids is 1. The lowest BCUT2D eigenvalue weighted by atomic mass is 9.98. The molecule has 124 valence electrons. The highest BCUT2D eigenvalue weighted by Crippen LogP contribution is 2.42. The number of rotatable bonds is 4. The summed E-state index contributed by atoms with van der Waals surface area (Å²) in [5.74, 6) is -9.62. The van der Waals surface area contributed by atoms with Gasteiger partial charge < -0.3 is 10.4 Å². The highest BCUT2D eigenvalue weighted by atomic mass is 19.4. The van der Waals surface area contributed by atoms with Gasteiger partial charge in [0.2, 0.25) is 0 Å². The van der Waals surface area contributed by atoms with Crippen LogP contribution in [0.2, 0.25) is 0 Å². The maximum atomic E-state index is 12.2. The molecule has 0 saturated heterocycles. The molecule has 0 aromatic heterocycles. The van der Waals surface area contributed by atoms with E-state index in [4.69, 9.17) is 5.11 Å². The highest BCUT2D eigenvalue weighted by molar-refractivity contribution is 5.86. The maximum Gasteiger partial charge on any atom is 0.471 e. The number of amides is 1. The molecule has 0 fully saturated rings. The van der Waals surface area contributed by atoms with E-state index in [1.165, 1.54) is 0 Å². The Morgan fingerprint density at radius 2 is 1.29 bits per heavy atom. The lowest BCUT2D eigenvalue weighted by Crippen LogP contribution is -2.50. The van der Waals surface area contributed by atoms with E-state index >= 15 is 0 Å². The van der Waals surface area contributed by atoms with Gasteiger partial charge in [0.1, 0.15) is 6.04 Å². The van der Waals surface area contributed by atoms with Gasteiger partial charge in [-0.15, -0.1) is 0 Å². The molecule has 4 nitrogen and oxygen atoms in total. The summed E-state index contributed by atoms with van der Waals surface area (Å²) in [4.78, 5) is 20.8. The summed E-state index contributed by atoms with van der Waals surface area (Å²) >= 11 is 0. The molecule has 1 amide bonds. The van der Waals surface area contributed by atoms with Crippen molar-refractivity contribution in [2.45, 2.75) is 31.0 Å². The molecule has 1 atom stereocenters. The zero-order chi connectivity index (χ0) is 17.2. The van der Waals surface area contributed by atoms with Gasteiger partial charge in [-0.05, 0) is 6.42 Å². The second kappa shape index (κ2) is 5.97. The van der Waals surface area contributed by atoms with E-state index in [9.17, 15) is 49.1 Å². The van der Waals surface area contributed by atoms with Gasteiger partial charge >= 0.3 is 30.4 Å². The summed E-state index contributed by atoms with van der Waals surface area (Å²) in [5, 5.41) is 8.92. The number of nitrogens with one attached hydrogen (secondary N) is 1. The number of hydrogen-bond donors (Lipinski definition) is 2. The molecule has 0 spiro atoms. The zero-order valence-electron chi connectivity index (χ0n) is 9.53. The van der Waals surface area contributed by atoms with Crippen LogP contribution >= 0.6 is 0 Å². The van der Waals surface area contributed by atoms with Crippen LogP contribution in [0.4, 0.5) is 39.5 Å². The molecule has 0 aliphatic rings. The second-order valence-electron chi connectivity index (χ2n) is 3.73. The number of alkyl halides is 9. The Balaban J connectivity index is 5.24. The Bertz CT molecular complexity index is 383. The number of carboxylic acid groups (broad SMARTS) is 1. The predicted octanol–water partition coefficient (Wildman–Crippen LogP) is 2.25. The van der Waals surface area contributed by atoms with Crippen molar-refractivity contribution >= 4 is 11.9 Å². The number of hydrogen-bond acceptors (Lipinski definition) is 2. The van der Waals surface area contributed by atoms with Gasteiger partial charge in [-0.3, -0.25) is 4.79 Å². The molecule has 0 rings (SSSR count). The van der Waals surface area contributed by atoms with Crippen LogP contribution in [-0.2, 0) is 9.59 Å². The SMILES string of the molecule is O=C(O)C(CC(C(F)(F)F)C(F)(F)F)NC(=O)C(F)(F)F. The fourth-order valence-corrected chi connectivity index (χ4v) is 1.15. The van der Waals surface area contributed by atoms with Crippen LogP contribution in [0.5, 0.6) is 0 Å². The smallest absolute Gasteiger partial charge is 0.471 e. The summed E-state index contributed by atoms with van der Waals surface area (Å²) in [6.07, 6.45) is -19.8. The minimum absolute atomic E-state index is 0.568. The lowest BCUT2D eigenvalue weighted by Gasteiger charge is -2.26. The first kappa shape index (κ1) is 19.3. The van der Waals surface area contributed by atoms with Gasteiger partial charge in [0.05, 0.1) is 0 Å². The monoisotopic (exact) mass is 335 g/mol. The third-order valence-corrected chi connectivity index (χ3v) is 2.12. The van der Waals surface area contributed by atoms with Crippen LogP contribution in [0.1, 0.15) is 6.42 Å². The first-order valence-electron chi connectivity index (χ1n) is 4.80. The summed E-state index contributed by atoms with van der Waals surface area (Å²) in [6, 6.07) is -3.01. The van der Waals surface area contributed by atoms with Crippen molar-refractivity contribution in [3.05, 3.63) is 0 Å². The predicted molar refractivity (Wildman–Crippen MR) is 45.8 cm³/mol. The molecular formula is C8H6F9NO3. The van der Waals surface area contributed by atoms with E-state index in [1.807, 2.05) is 0 Å². The van der Waals surface area contributed by atoms with E-state index in [0.717, 1.165) is 0 Å². The van der Waals surface area contributed by atoms with Crippen molar-refractivity contribution in [1.82, 2.24) is 5.32 Å². The summed E-state index contributed by atoms with van der Waals surface area (Å²) in [6.45, 7) is 0. The van der Waals surface area contributed by atoms with Crippen molar-refractivity contribution in [2.75, 3.05) is 0 Å². The van der Waals surface area contributed by atoms with E-state index in [-0.39, 0.29) is 0 Å². The molecule has 13 heteroatoms. The van der Waals surface area contributed by atoms with Gasteiger partial charge in [-0.2, -0.15) is 39.5 Å². The standard InChI is InChI=1S/C8H6F9NO3/c9-6(10,11)3(7(12,13)14)1-2(4(19)20)18-5(21)8(15,16)17/h2-3H,1H2,(H,18,21)(H,19,20).